The molecule has 1 aliphatic rings. The van der Waals surface area contributed by atoms with Crippen molar-refractivity contribution in [1.82, 2.24) is 9.80 Å². The van der Waals surface area contributed by atoms with Gasteiger partial charge in [-0.3, -0.25) is 4.79 Å². The molecule has 0 N–H and O–H groups in total. The Hall–Kier alpha value is -2.01. The van der Waals surface area contributed by atoms with Crippen LogP contribution in [0.25, 0.3) is 6.08 Å². The van der Waals surface area contributed by atoms with Gasteiger partial charge in [0.25, 0.3) is 5.91 Å². The van der Waals surface area contributed by atoms with E-state index in [1.807, 2.05) is 56.3 Å². The summed E-state index contributed by atoms with van der Waals surface area (Å²) in [7, 11) is 5.68. The number of likely N-dealkylation sites (N-methyl/N-ethyl adjacent to an activating group) is 1. The number of amides is 1. The molecule has 1 amide bonds. The summed E-state index contributed by atoms with van der Waals surface area (Å²) in [5, 5.41) is 0. The lowest BCUT2D eigenvalue weighted by atomic mass is 10.2. The average Bonchev–Trinajstić information content (AvgIpc) is 3.15. The number of carbonyl (C=O) groups is 1. The van der Waals surface area contributed by atoms with E-state index in [0.29, 0.717) is 17.5 Å². The first-order valence-corrected chi connectivity index (χ1v) is 9.43. The molecule has 0 aromatic heterocycles. The van der Waals surface area contributed by atoms with E-state index in [0.717, 1.165) is 31.5 Å². The minimum atomic E-state index is 0.0449. The summed E-state index contributed by atoms with van der Waals surface area (Å²) in [6.45, 7) is 3.63. The maximum absolute atomic E-state index is 12.8. The molecule has 0 aliphatic heterocycles. The van der Waals surface area contributed by atoms with Crippen molar-refractivity contribution >= 4 is 12.0 Å². The van der Waals surface area contributed by atoms with Crippen LogP contribution >= 0.6 is 0 Å². The van der Waals surface area contributed by atoms with Gasteiger partial charge in [-0.1, -0.05) is 31.1 Å². The summed E-state index contributed by atoms with van der Waals surface area (Å²) in [6, 6.07) is 6.09. The van der Waals surface area contributed by atoms with Gasteiger partial charge < -0.3 is 19.3 Å². The van der Waals surface area contributed by atoms with Crippen LogP contribution < -0.4 is 9.47 Å². The van der Waals surface area contributed by atoms with Crippen molar-refractivity contribution in [3.8, 4) is 11.5 Å². The third kappa shape index (κ3) is 5.77. The Labute approximate surface area is 157 Å². The fourth-order valence-electron chi connectivity index (χ4n) is 3.36. The van der Waals surface area contributed by atoms with E-state index in [9.17, 15) is 4.79 Å². The third-order valence-electron chi connectivity index (χ3n) is 4.77. The summed E-state index contributed by atoms with van der Waals surface area (Å²) in [5.74, 6) is 1.31. The number of carbonyl (C=O) groups excluding carboxylic acids is 1. The van der Waals surface area contributed by atoms with Crippen LogP contribution in [0.15, 0.2) is 24.3 Å². The van der Waals surface area contributed by atoms with E-state index < -0.39 is 0 Å². The molecular formula is C21H32N2O3. The molecule has 5 heteroatoms. The highest BCUT2D eigenvalue weighted by Crippen LogP contribution is 2.29. The van der Waals surface area contributed by atoms with Gasteiger partial charge in [0, 0.05) is 19.1 Å². The molecule has 26 heavy (non-hydrogen) atoms. The first-order valence-electron chi connectivity index (χ1n) is 9.43. The molecule has 1 aliphatic carbocycles. The SMILES string of the molecule is C/C=C/c1ccc(OCC(=O)N(CCN(C)C)C2CCCC2)c(OC)c1. The molecule has 0 heterocycles. The zero-order valence-corrected chi connectivity index (χ0v) is 16.5. The van der Waals surface area contributed by atoms with Gasteiger partial charge in [-0.15, -0.1) is 0 Å². The van der Waals surface area contributed by atoms with Crippen molar-refractivity contribution in [2.75, 3.05) is 40.9 Å². The second kappa shape index (κ2) is 10.2. The lowest BCUT2D eigenvalue weighted by molar-refractivity contribution is -0.135. The molecule has 5 nitrogen and oxygen atoms in total. The highest BCUT2D eigenvalue weighted by Gasteiger charge is 2.26. The molecular weight excluding hydrogens is 328 g/mol. The van der Waals surface area contributed by atoms with Gasteiger partial charge >= 0.3 is 0 Å². The summed E-state index contributed by atoms with van der Waals surface area (Å²) in [4.78, 5) is 16.9. The van der Waals surface area contributed by atoms with Crippen molar-refractivity contribution < 1.29 is 14.3 Å². The monoisotopic (exact) mass is 360 g/mol. The van der Waals surface area contributed by atoms with Gasteiger partial charge in [-0.25, -0.2) is 0 Å². The van der Waals surface area contributed by atoms with Crippen molar-refractivity contribution in [2.24, 2.45) is 0 Å². The van der Waals surface area contributed by atoms with Gasteiger partial charge in [-0.05, 0) is 51.6 Å². The number of rotatable bonds is 9. The molecule has 1 saturated carbocycles. The largest absolute Gasteiger partial charge is 0.493 e. The van der Waals surface area contributed by atoms with Crippen molar-refractivity contribution in [3.05, 3.63) is 29.8 Å². The van der Waals surface area contributed by atoms with Crippen molar-refractivity contribution in [3.63, 3.8) is 0 Å². The van der Waals surface area contributed by atoms with Crippen molar-refractivity contribution in [2.45, 2.75) is 38.6 Å². The molecule has 2 rings (SSSR count). The minimum absolute atomic E-state index is 0.0449. The van der Waals surface area contributed by atoms with E-state index in [-0.39, 0.29) is 12.5 Å². The van der Waals surface area contributed by atoms with Crippen LogP contribution in [0.5, 0.6) is 11.5 Å². The Morgan fingerprint density at radius 2 is 1.92 bits per heavy atom. The van der Waals surface area contributed by atoms with E-state index in [1.54, 1.807) is 7.11 Å². The van der Waals surface area contributed by atoms with Gasteiger partial charge in [0.15, 0.2) is 18.1 Å². The molecule has 0 atom stereocenters. The van der Waals surface area contributed by atoms with Crippen molar-refractivity contribution in [1.29, 1.82) is 0 Å². The Bertz CT molecular complexity index is 607. The zero-order valence-electron chi connectivity index (χ0n) is 16.5. The number of benzene rings is 1. The van der Waals surface area contributed by atoms with Gasteiger partial charge in [0.2, 0.25) is 0 Å². The number of methoxy groups -OCH3 is 1. The number of ether oxygens (including phenoxy) is 2. The number of allylic oxidation sites excluding steroid dienone is 1. The van der Waals surface area contributed by atoms with E-state index in [4.69, 9.17) is 9.47 Å². The summed E-state index contributed by atoms with van der Waals surface area (Å²) >= 11 is 0. The second-order valence-electron chi connectivity index (χ2n) is 7.03. The number of hydrogen-bond acceptors (Lipinski definition) is 4. The number of hydrogen-bond donors (Lipinski definition) is 0. The molecule has 0 saturated heterocycles. The maximum atomic E-state index is 12.8. The average molecular weight is 360 g/mol. The lowest BCUT2D eigenvalue weighted by Crippen LogP contribution is -2.44. The fourth-order valence-corrected chi connectivity index (χ4v) is 3.36. The topological polar surface area (TPSA) is 42.0 Å². The van der Waals surface area contributed by atoms with Crippen LogP contribution in [0.2, 0.25) is 0 Å². The maximum Gasteiger partial charge on any atom is 0.260 e. The predicted molar refractivity (Wildman–Crippen MR) is 106 cm³/mol. The van der Waals surface area contributed by atoms with Crippen LogP contribution in [0.3, 0.4) is 0 Å². The Morgan fingerprint density at radius 3 is 2.54 bits per heavy atom. The second-order valence-corrected chi connectivity index (χ2v) is 7.03. The van der Waals surface area contributed by atoms with Crippen LogP contribution in [-0.2, 0) is 4.79 Å². The van der Waals surface area contributed by atoms with E-state index in [2.05, 4.69) is 4.90 Å². The quantitative estimate of drug-likeness (QED) is 0.676. The Balaban J connectivity index is 2.02. The standard InChI is InChI=1S/C21H32N2O3/c1-5-8-17-11-12-19(20(15-17)25-4)26-16-21(24)23(14-13-22(2)3)18-9-6-7-10-18/h5,8,11-12,15,18H,6-7,9-10,13-14,16H2,1-4H3/b8-5+. The first kappa shape index (κ1) is 20.3. The third-order valence-corrected chi connectivity index (χ3v) is 4.77. The molecule has 0 unspecified atom stereocenters. The summed E-state index contributed by atoms with van der Waals surface area (Å²) < 4.78 is 11.2. The highest BCUT2D eigenvalue weighted by atomic mass is 16.5. The normalized spacial score (nSPS) is 15.0. The van der Waals surface area contributed by atoms with Crippen LogP contribution in [0, 0.1) is 0 Å². The zero-order chi connectivity index (χ0) is 18.9. The van der Waals surface area contributed by atoms with Gasteiger partial charge in [0.05, 0.1) is 7.11 Å². The lowest BCUT2D eigenvalue weighted by Gasteiger charge is -2.30. The molecule has 1 aromatic rings. The molecule has 0 spiro atoms. The number of nitrogens with zero attached hydrogens (tertiary/aromatic N) is 2. The molecule has 1 aromatic carbocycles. The molecule has 1 fully saturated rings. The molecule has 0 radical (unpaired) electrons. The molecule has 0 bridgehead atoms. The van der Waals surface area contributed by atoms with Gasteiger partial charge in [-0.2, -0.15) is 0 Å². The van der Waals surface area contributed by atoms with Crippen LogP contribution in [0.1, 0.15) is 38.2 Å². The van der Waals surface area contributed by atoms with E-state index in [1.165, 1.54) is 12.8 Å². The smallest absolute Gasteiger partial charge is 0.260 e. The fraction of sp³-hybridized carbons (Fsp3) is 0.571. The highest BCUT2D eigenvalue weighted by molar-refractivity contribution is 5.78. The minimum Gasteiger partial charge on any atom is -0.493 e. The predicted octanol–water partition coefficient (Wildman–Crippen LogP) is 3.44. The van der Waals surface area contributed by atoms with E-state index >= 15 is 0 Å². The van der Waals surface area contributed by atoms with Crippen LogP contribution in [-0.4, -0.2) is 62.7 Å². The molecule has 144 valence electrons. The Kier molecular flexibility index (Phi) is 7.98. The van der Waals surface area contributed by atoms with Crippen LogP contribution in [0.4, 0.5) is 0 Å². The summed E-state index contributed by atoms with van der Waals surface area (Å²) in [6.07, 6.45) is 8.58. The van der Waals surface area contributed by atoms with Gasteiger partial charge in [0.1, 0.15) is 0 Å². The Morgan fingerprint density at radius 1 is 1.19 bits per heavy atom. The summed E-state index contributed by atoms with van der Waals surface area (Å²) in [5.41, 5.74) is 1.04. The first-order chi connectivity index (χ1) is 12.5.